The summed E-state index contributed by atoms with van der Waals surface area (Å²) >= 11 is 0. The standard InChI is InChI=1S/C10H10F3NO/c11-10(12,13)6-15-9-3-4-14-5-8(9)7-1-2-7/h3-5,7H,1-2,6H2. The van der Waals surface area contributed by atoms with Crippen LogP contribution in [0.25, 0.3) is 0 Å². The molecule has 1 aliphatic carbocycles. The number of alkyl halides is 3. The maximum Gasteiger partial charge on any atom is 0.422 e. The lowest BCUT2D eigenvalue weighted by atomic mass is 10.2. The van der Waals surface area contributed by atoms with Crippen LogP contribution >= 0.6 is 0 Å². The third-order valence-electron chi connectivity index (χ3n) is 2.22. The fraction of sp³-hybridized carbons (Fsp3) is 0.500. The first-order valence-electron chi connectivity index (χ1n) is 4.70. The predicted molar refractivity (Wildman–Crippen MR) is 47.8 cm³/mol. The number of nitrogens with zero attached hydrogens (tertiary/aromatic N) is 1. The van der Waals surface area contributed by atoms with Crippen LogP contribution in [0.5, 0.6) is 5.75 Å². The van der Waals surface area contributed by atoms with Crippen molar-refractivity contribution in [1.29, 1.82) is 0 Å². The van der Waals surface area contributed by atoms with Gasteiger partial charge in [0.05, 0.1) is 0 Å². The molecule has 1 aliphatic rings. The zero-order valence-electron chi connectivity index (χ0n) is 7.92. The van der Waals surface area contributed by atoms with E-state index in [2.05, 4.69) is 4.98 Å². The van der Waals surface area contributed by atoms with Gasteiger partial charge in [-0.3, -0.25) is 4.98 Å². The lowest BCUT2D eigenvalue weighted by molar-refractivity contribution is -0.153. The molecular formula is C10H10F3NO. The Morgan fingerprint density at radius 3 is 2.73 bits per heavy atom. The van der Waals surface area contributed by atoms with Gasteiger partial charge in [0.2, 0.25) is 0 Å². The maximum absolute atomic E-state index is 11.9. The monoisotopic (exact) mass is 217 g/mol. The number of ether oxygens (including phenoxy) is 1. The number of halogens is 3. The smallest absolute Gasteiger partial charge is 0.422 e. The molecule has 5 heteroatoms. The second-order valence-electron chi connectivity index (χ2n) is 3.59. The van der Waals surface area contributed by atoms with E-state index in [4.69, 9.17) is 4.74 Å². The third kappa shape index (κ3) is 2.84. The third-order valence-corrected chi connectivity index (χ3v) is 2.22. The van der Waals surface area contributed by atoms with Crippen molar-refractivity contribution in [2.75, 3.05) is 6.61 Å². The molecule has 0 aliphatic heterocycles. The van der Waals surface area contributed by atoms with E-state index < -0.39 is 12.8 Å². The number of aromatic nitrogens is 1. The highest BCUT2D eigenvalue weighted by atomic mass is 19.4. The highest BCUT2D eigenvalue weighted by Gasteiger charge is 2.31. The summed E-state index contributed by atoms with van der Waals surface area (Å²) in [6.07, 6.45) is 0.757. The number of rotatable bonds is 3. The SMILES string of the molecule is FC(F)(F)COc1ccncc1C1CC1. The molecular weight excluding hydrogens is 207 g/mol. The van der Waals surface area contributed by atoms with Gasteiger partial charge in [-0.25, -0.2) is 0 Å². The Hall–Kier alpha value is -1.26. The van der Waals surface area contributed by atoms with Crippen LogP contribution in [-0.2, 0) is 0 Å². The second kappa shape index (κ2) is 3.72. The first kappa shape index (κ1) is 10.3. The number of hydrogen-bond acceptors (Lipinski definition) is 2. The molecule has 0 amide bonds. The normalized spacial score (nSPS) is 16.5. The van der Waals surface area contributed by atoms with Crippen molar-refractivity contribution >= 4 is 0 Å². The summed E-state index contributed by atoms with van der Waals surface area (Å²) in [5.41, 5.74) is 0.793. The lowest BCUT2D eigenvalue weighted by Gasteiger charge is -2.11. The molecule has 1 aromatic rings. The van der Waals surface area contributed by atoms with Gasteiger partial charge in [-0.1, -0.05) is 0 Å². The zero-order chi connectivity index (χ0) is 10.9. The molecule has 2 nitrogen and oxygen atoms in total. The van der Waals surface area contributed by atoms with Gasteiger partial charge in [-0.15, -0.1) is 0 Å². The highest BCUT2D eigenvalue weighted by Crippen LogP contribution is 2.43. The summed E-state index contributed by atoms with van der Waals surface area (Å²) in [5.74, 6) is 0.645. The Balaban J connectivity index is 2.06. The minimum atomic E-state index is -4.29. The van der Waals surface area contributed by atoms with Gasteiger partial charge >= 0.3 is 6.18 Å². The molecule has 0 saturated heterocycles. The number of hydrogen-bond donors (Lipinski definition) is 0. The van der Waals surface area contributed by atoms with Crippen LogP contribution in [0.4, 0.5) is 13.2 Å². The van der Waals surface area contributed by atoms with E-state index in [1.807, 2.05) is 0 Å². The molecule has 0 spiro atoms. The van der Waals surface area contributed by atoms with Crippen LogP contribution in [0.15, 0.2) is 18.5 Å². The van der Waals surface area contributed by atoms with Crippen LogP contribution in [0.2, 0.25) is 0 Å². The van der Waals surface area contributed by atoms with Crippen LogP contribution in [-0.4, -0.2) is 17.8 Å². The Labute approximate surface area is 85.1 Å². The molecule has 1 aromatic heterocycles. The van der Waals surface area contributed by atoms with Gasteiger partial charge in [0.15, 0.2) is 6.61 Å². The lowest BCUT2D eigenvalue weighted by Crippen LogP contribution is -2.19. The summed E-state index contributed by atoms with van der Waals surface area (Å²) in [7, 11) is 0. The molecule has 0 unspecified atom stereocenters. The Morgan fingerprint density at radius 1 is 1.40 bits per heavy atom. The van der Waals surface area contributed by atoms with Crippen molar-refractivity contribution in [3.05, 3.63) is 24.0 Å². The van der Waals surface area contributed by atoms with Crippen LogP contribution in [0, 0.1) is 0 Å². The molecule has 82 valence electrons. The zero-order valence-corrected chi connectivity index (χ0v) is 7.92. The largest absolute Gasteiger partial charge is 0.484 e. The number of pyridine rings is 1. The van der Waals surface area contributed by atoms with E-state index in [9.17, 15) is 13.2 Å². The Morgan fingerprint density at radius 2 is 2.13 bits per heavy atom. The second-order valence-corrected chi connectivity index (χ2v) is 3.59. The van der Waals surface area contributed by atoms with Crippen molar-refractivity contribution in [1.82, 2.24) is 4.98 Å². The van der Waals surface area contributed by atoms with Crippen LogP contribution < -0.4 is 4.74 Å². The van der Waals surface area contributed by atoms with E-state index >= 15 is 0 Å². The quantitative estimate of drug-likeness (QED) is 0.776. The van der Waals surface area contributed by atoms with Crippen molar-refractivity contribution < 1.29 is 17.9 Å². The summed E-state index contributed by atoms with van der Waals surface area (Å²) < 4.78 is 40.6. The molecule has 2 rings (SSSR count). The van der Waals surface area contributed by atoms with E-state index in [1.54, 1.807) is 6.20 Å². The summed E-state index contributed by atoms with van der Waals surface area (Å²) in [6.45, 7) is -1.24. The molecule has 0 bridgehead atoms. The van der Waals surface area contributed by atoms with E-state index in [0.717, 1.165) is 18.4 Å². The molecule has 0 radical (unpaired) electrons. The topological polar surface area (TPSA) is 22.1 Å². The fourth-order valence-electron chi connectivity index (χ4n) is 1.39. The van der Waals surface area contributed by atoms with Gasteiger partial charge in [-0.2, -0.15) is 13.2 Å². The Bertz CT molecular complexity index is 347. The summed E-state index contributed by atoms with van der Waals surface area (Å²) in [4.78, 5) is 3.89. The van der Waals surface area contributed by atoms with Gasteiger partial charge in [0.1, 0.15) is 5.75 Å². The molecule has 15 heavy (non-hydrogen) atoms. The van der Waals surface area contributed by atoms with Gasteiger partial charge in [0, 0.05) is 18.0 Å². The van der Waals surface area contributed by atoms with Crippen LogP contribution in [0.3, 0.4) is 0 Å². The predicted octanol–water partition coefficient (Wildman–Crippen LogP) is 2.90. The van der Waals surface area contributed by atoms with Crippen molar-refractivity contribution in [3.63, 3.8) is 0 Å². The first-order chi connectivity index (χ1) is 7.06. The van der Waals surface area contributed by atoms with E-state index in [0.29, 0.717) is 11.7 Å². The summed E-state index contributed by atoms with van der Waals surface area (Å²) in [5, 5.41) is 0. The van der Waals surface area contributed by atoms with E-state index in [1.165, 1.54) is 12.3 Å². The molecule has 0 N–H and O–H groups in total. The molecule has 0 aromatic carbocycles. The minimum Gasteiger partial charge on any atom is -0.484 e. The van der Waals surface area contributed by atoms with Crippen molar-refractivity contribution in [2.45, 2.75) is 24.9 Å². The molecule has 1 fully saturated rings. The highest BCUT2D eigenvalue weighted by molar-refractivity contribution is 5.35. The first-order valence-corrected chi connectivity index (χ1v) is 4.70. The van der Waals surface area contributed by atoms with Crippen molar-refractivity contribution in [2.24, 2.45) is 0 Å². The van der Waals surface area contributed by atoms with Gasteiger partial charge < -0.3 is 4.74 Å². The van der Waals surface area contributed by atoms with Crippen molar-refractivity contribution in [3.8, 4) is 5.75 Å². The fourth-order valence-corrected chi connectivity index (χ4v) is 1.39. The minimum absolute atomic E-state index is 0.310. The van der Waals surface area contributed by atoms with E-state index in [-0.39, 0.29) is 0 Å². The van der Waals surface area contributed by atoms with Gasteiger partial charge in [-0.05, 0) is 24.8 Å². The molecule has 1 saturated carbocycles. The van der Waals surface area contributed by atoms with Gasteiger partial charge in [0.25, 0.3) is 0 Å². The summed E-state index contributed by atoms with van der Waals surface area (Å²) in [6, 6.07) is 1.49. The maximum atomic E-state index is 11.9. The molecule has 1 heterocycles. The average Bonchev–Trinajstić information content (AvgIpc) is 2.97. The molecule has 0 atom stereocenters. The van der Waals surface area contributed by atoms with Crippen LogP contribution in [0.1, 0.15) is 24.3 Å². The Kier molecular flexibility index (Phi) is 2.54. The average molecular weight is 217 g/mol.